The lowest BCUT2D eigenvalue weighted by Gasteiger charge is -2.28. The molecule has 2 unspecified atom stereocenters. The molecule has 18 heavy (non-hydrogen) atoms. The van der Waals surface area contributed by atoms with Crippen molar-refractivity contribution in [1.29, 1.82) is 0 Å². The highest BCUT2D eigenvalue weighted by Crippen LogP contribution is 2.18. The normalized spacial score (nSPS) is 23.7. The highest BCUT2D eigenvalue weighted by atomic mass is 19.1. The van der Waals surface area contributed by atoms with Gasteiger partial charge in [-0.1, -0.05) is 6.07 Å². The molecule has 0 aliphatic carbocycles. The fraction of sp³-hybridized carbons (Fsp3) is 0.417. The summed E-state index contributed by atoms with van der Waals surface area (Å²) in [6.07, 6.45) is 0. The smallest absolute Gasteiger partial charge is 0.242 e. The number of rotatable bonds is 2. The molecule has 3 N–H and O–H groups in total. The van der Waals surface area contributed by atoms with Crippen molar-refractivity contribution in [3.05, 3.63) is 29.8 Å². The van der Waals surface area contributed by atoms with Crippen molar-refractivity contribution < 1.29 is 13.6 Å². The molecule has 2 rings (SSSR count). The van der Waals surface area contributed by atoms with Crippen LogP contribution in [0.3, 0.4) is 0 Å². The van der Waals surface area contributed by atoms with Gasteiger partial charge in [-0.05, 0) is 19.1 Å². The average molecular weight is 255 g/mol. The molecule has 1 aromatic carbocycles. The Bertz CT molecular complexity index is 425. The minimum Gasteiger partial charge on any atom is -0.320 e. The van der Waals surface area contributed by atoms with Crippen LogP contribution in [-0.2, 0) is 4.79 Å². The van der Waals surface area contributed by atoms with Crippen LogP contribution in [0.4, 0.5) is 14.5 Å². The maximum absolute atomic E-state index is 13.3. The maximum atomic E-state index is 13.3. The molecule has 0 aromatic heterocycles. The van der Waals surface area contributed by atoms with Gasteiger partial charge in [0.15, 0.2) is 0 Å². The van der Waals surface area contributed by atoms with Crippen LogP contribution in [0.15, 0.2) is 18.2 Å². The van der Waals surface area contributed by atoms with E-state index in [1.54, 1.807) is 0 Å². The molecule has 0 radical (unpaired) electrons. The number of nitrogens with one attached hydrogen (secondary N) is 3. The number of amides is 1. The largest absolute Gasteiger partial charge is 0.320 e. The summed E-state index contributed by atoms with van der Waals surface area (Å²) in [5, 5.41) is 8.40. The highest BCUT2D eigenvalue weighted by molar-refractivity contribution is 5.95. The molecule has 98 valence electrons. The van der Waals surface area contributed by atoms with Crippen molar-refractivity contribution >= 4 is 11.6 Å². The van der Waals surface area contributed by atoms with Crippen molar-refractivity contribution in [3.63, 3.8) is 0 Å². The number of benzene rings is 1. The quantitative estimate of drug-likeness (QED) is 0.734. The number of hydrogen-bond donors (Lipinski definition) is 3. The van der Waals surface area contributed by atoms with Gasteiger partial charge in [0.1, 0.15) is 17.3 Å². The molecule has 0 saturated carbocycles. The van der Waals surface area contributed by atoms with Crippen molar-refractivity contribution in [2.75, 3.05) is 18.4 Å². The molecule has 1 saturated heterocycles. The molecule has 0 bridgehead atoms. The summed E-state index contributed by atoms with van der Waals surface area (Å²) in [5.41, 5.74) is -0.400. The molecule has 1 aliphatic rings. The van der Waals surface area contributed by atoms with Crippen LogP contribution >= 0.6 is 0 Å². The summed E-state index contributed by atoms with van der Waals surface area (Å²) in [5.74, 6) is -2.00. The van der Waals surface area contributed by atoms with Gasteiger partial charge in [0, 0.05) is 19.1 Å². The SMILES string of the molecule is CC1CNC(C(=O)Nc2c(F)cccc2F)CN1. The van der Waals surface area contributed by atoms with Crippen molar-refractivity contribution in [1.82, 2.24) is 10.6 Å². The number of carbonyl (C=O) groups is 1. The lowest BCUT2D eigenvalue weighted by molar-refractivity contribution is -0.118. The van der Waals surface area contributed by atoms with E-state index in [1.165, 1.54) is 6.07 Å². The van der Waals surface area contributed by atoms with E-state index < -0.39 is 29.3 Å². The van der Waals surface area contributed by atoms with Gasteiger partial charge in [-0.15, -0.1) is 0 Å². The van der Waals surface area contributed by atoms with Gasteiger partial charge < -0.3 is 16.0 Å². The predicted octanol–water partition coefficient (Wildman–Crippen LogP) is 0.853. The van der Waals surface area contributed by atoms with Crippen molar-refractivity contribution in [3.8, 4) is 0 Å². The monoisotopic (exact) mass is 255 g/mol. The van der Waals surface area contributed by atoms with Gasteiger partial charge in [-0.2, -0.15) is 0 Å². The first-order valence-electron chi connectivity index (χ1n) is 5.79. The Balaban J connectivity index is 2.03. The molecule has 0 spiro atoms. The number of halogens is 2. The van der Waals surface area contributed by atoms with Crippen LogP contribution in [0.25, 0.3) is 0 Å². The molecular weight excluding hydrogens is 240 g/mol. The summed E-state index contributed by atoms with van der Waals surface area (Å²) < 4.78 is 26.7. The first kappa shape index (κ1) is 12.9. The summed E-state index contributed by atoms with van der Waals surface area (Å²) in [4.78, 5) is 11.8. The second-order valence-electron chi connectivity index (χ2n) is 4.36. The number of para-hydroxylation sites is 1. The fourth-order valence-electron chi connectivity index (χ4n) is 1.80. The van der Waals surface area contributed by atoms with Gasteiger partial charge in [0.25, 0.3) is 0 Å². The van der Waals surface area contributed by atoms with E-state index in [9.17, 15) is 13.6 Å². The van der Waals surface area contributed by atoms with Crippen molar-refractivity contribution in [2.24, 2.45) is 0 Å². The van der Waals surface area contributed by atoms with Gasteiger partial charge in [0.2, 0.25) is 5.91 Å². The maximum Gasteiger partial charge on any atom is 0.242 e. The Morgan fingerprint density at radius 1 is 1.28 bits per heavy atom. The predicted molar refractivity (Wildman–Crippen MR) is 64.2 cm³/mol. The highest BCUT2D eigenvalue weighted by Gasteiger charge is 2.24. The number of piperazine rings is 1. The van der Waals surface area contributed by atoms with E-state index in [2.05, 4.69) is 16.0 Å². The van der Waals surface area contributed by atoms with Gasteiger partial charge in [-0.3, -0.25) is 4.79 Å². The summed E-state index contributed by atoms with van der Waals surface area (Å²) in [7, 11) is 0. The molecule has 4 nitrogen and oxygen atoms in total. The summed E-state index contributed by atoms with van der Waals surface area (Å²) in [6, 6.07) is 3.25. The Morgan fingerprint density at radius 2 is 1.94 bits per heavy atom. The molecule has 1 amide bonds. The van der Waals surface area contributed by atoms with Crippen molar-refractivity contribution in [2.45, 2.75) is 19.0 Å². The van der Waals surface area contributed by atoms with Gasteiger partial charge in [0.05, 0.1) is 6.04 Å². The summed E-state index contributed by atoms with van der Waals surface area (Å²) >= 11 is 0. The lowest BCUT2D eigenvalue weighted by atomic mass is 10.1. The van der Waals surface area contributed by atoms with Crippen LogP contribution in [0.5, 0.6) is 0 Å². The Hall–Kier alpha value is -1.53. The summed E-state index contributed by atoms with van der Waals surface area (Å²) in [6.45, 7) is 3.05. The third kappa shape index (κ3) is 2.83. The van der Waals surface area contributed by atoms with Crippen LogP contribution in [0, 0.1) is 11.6 Å². The van der Waals surface area contributed by atoms with E-state index in [0.29, 0.717) is 13.1 Å². The standard InChI is InChI=1S/C12H15F2N3O/c1-7-5-16-10(6-15-7)12(18)17-11-8(13)3-2-4-9(11)14/h2-4,7,10,15-16H,5-6H2,1H3,(H,17,18). The van der Waals surface area contributed by atoms with E-state index in [4.69, 9.17) is 0 Å². The zero-order valence-electron chi connectivity index (χ0n) is 9.97. The number of carbonyl (C=O) groups excluding carboxylic acids is 1. The van der Waals surface area contributed by atoms with Gasteiger partial charge >= 0.3 is 0 Å². The zero-order chi connectivity index (χ0) is 13.1. The Labute approximate surface area is 104 Å². The van der Waals surface area contributed by atoms with E-state index in [0.717, 1.165) is 12.1 Å². The molecule has 1 heterocycles. The fourth-order valence-corrected chi connectivity index (χ4v) is 1.80. The third-order valence-corrected chi connectivity index (χ3v) is 2.87. The van der Waals surface area contributed by atoms with E-state index in [-0.39, 0.29) is 6.04 Å². The second kappa shape index (κ2) is 5.41. The molecule has 1 aliphatic heterocycles. The third-order valence-electron chi connectivity index (χ3n) is 2.87. The Kier molecular flexibility index (Phi) is 3.88. The minimum atomic E-state index is -0.777. The molecule has 1 aromatic rings. The first-order chi connectivity index (χ1) is 8.58. The number of hydrogen-bond acceptors (Lipinski definition) is 3. The van der Waals surface area contributed by atoms with E-state index >= 15 is 0 Å². The van der Waals surface area contributed by atoms with Crippen LogP contribution in [0.2, 0.25) is 0 Å². The molecule has 2 atom stereocenters. The van der Waals surface area contributed by atoms with E-state index in [1.807, 2.05) is 6.92 Å². The molecule has 6 heteroatoms. The molecular formula is C12H15F2N3O. The first-order valence-corrected chi connectivity index (χ1v) is 5.79. The van der Waals surface area contributed by atoms with Gasteiger partial charge in [-0.25, -0.2) is 8.78 Å². The number of anilines is 1. The van der Waals surface area contributed by atoms with Crippen LogP contribution in [0.1, 0.15) is 6.92 Å². The van der Waals surface area contributed by atoms with Crippen LogP contribution in [-0.4, -0.2) is 31.1 Å². The Morgan fingerprint density at radius 3 is 2.50 bits per heavy atom. The lowest BCUT2D eigenvalue weighted by Crippen LogP contribution is -2.57. The average Bonchev–Trinajstić information content (AvgIpc) is 2.34. The zero-order valence-corrected chi connectivity index (χ0v) is 9.97. The topological polar surface area (TPSA) is 53.2 Å². The second-order valence-corrected chi connectivity index (χ2v) is 4.36. The van der Waals surface area contributed by atoms with Crippen LogP contribution < -0.4 is 16.0 Å². The molecule has 1 fully saturated rings. The minimum absolute atomic E-state index is 0.277.